The zero-order chi connectivity index (χ0) is 19.3. The van der Waals surface area contributed by atoms with Crippen molar-refractivity contribution in [2.75, 3.05) is 21.3 Å². The van der Waals surface area contributed by atoms with Crippen molar-refractivity contribution in [2.45, 2.75) is 26.3 Å². The number of ether oxygens (including phenoxy) is 3. The van der Waals surface area contributed by atoms with E-state index in [4.69, 9.17) is 14.2 Å². The van der Waals surface area contributed by atoms with Gasteiger partial charge in [0, 0.05) is 7.05 Å². The highest BCUT2D eigenvalue weighted by atomic mass is 16.5. The average Bonchev–Trinajstić information content (AvgIpc) is 3.04. The summed E-state index contributed by atoms with van der Waals surface area (Å²) in [5.41, 5.74) is 0.762. The summed E-state index contributed by atoms with van der Waals surface area (Å²) in [6.07, 6.45) is 1.66. The summed E-state index contributed by atoms with van der Waals surface area (Å²) < 4.78 is 17.7. The van der Waals surface area contributed by atoms with Crippen LogP contribution in [0.15, 0.2) is 18.5 Å². The van der Waals surface area contributed by atoms with Crippen molar-refractivity contribution in [1.82, 2.24) is 20.1 Å². The van der Waals surface area contributed by atoms with Gasteiger partial charge < -0.3 is 19.5 Å². The molecule has 0 aliphatic heterocycles. The summed E-state index contributed by atoms with van der Waals surface area (Å²) in [7, 11) is 6.44. The van der Waals surface area contributed by atoms with E-state index in [0.717, 1.165) is 11.4 Å². The van der Waals surface area contributed by atoms with Gasteiger partial charge in [-0.05, 0) is 23.6 Å². The zero-order valence-corrected chi connectivity index (χ0v) is 16.1. The van der Waals surface area contributed by atoms with Crippen molar-refractivity contribution < 1.29 is 19.0 Å². The van der Waals surface area contributed by atoms with Gasteiger partial charge in [-0.25, -0.2) is 4.98 Å². The van der Waals surface area contributed by atoms with Crippen molar-refractivity contribution in [3.8, 4) is 17.2 Å². The molecule has 0 aliphatic carbocycles. The number of hydrogen-bond donors (Lipinski definition) is 1. The lowest BCUT2D eigenvalue weighted by molar-refractivity contribution is -0.121. The fourth-order valence-electron chi connectivity index (χ4n) is 2.76. The molecule has 0 spiro atoms. The molecule has 0 bridgehead atoms. The number of aryl methyl sites for hydroxylation is 1. The fraction of sp³-hybridized carbons (Fsp3) is 0.500. The molecule has 1 N–H and O–H groups in total. The summed E-state index contributed by atoms with van der Waals surface area (Å²) in [6, 6.07) is 3.32. The number of rotatable bonds is 8. The molecule has 0 fully saturated rings. The Balaban J connectivity index is 2.20. The van der Waals surface area contributed by atoms with E-state index in [1.807, 2.05) is 20.9 Å². The number of amides is 1. The average molecular weight is 362 g/mol. The number of benzene rings is 1. The lowest BCUT2D eigenvalue weighted by Crippen LogP contribution is -2.34. The van der Waals surface area contributed by atoms with E-state index < -0.39 is 0 Å². The van der Waals surface area contributed by atoms with E-state index in [-0.39, 0.29) is 24.3 Å². The SMILES string of the molecule is COc1cc(CC(=O)NC(c2ncnn2C)C(C)C)cc(OC)c1OC. The highest BCUT2D eigenvalue weighted by Gasteiger charge is 2.23. The zero-order valence-electron chi connectivity index (χ0n) is 16.1. The lowest BCUT2D eigenvalue weighted by atomic mass is 10.0. The Labute approximate surface area is 153 Å². The normalized spacial score (nSPS) is 12.0. The predicted molar refractivity (Wildman–Crippen MR) is 96.5 cm³/mol. The van der Waals surface area contributed by atoms with E-state index in [9.17, 15) is 4.79 Å². The molecule has 0 radical (unpaired) electrons. The van der Waals surface area contributed by atoms with Crippen molar-refractivity contribution in [2.24, 2.45) is 13.0 Å². The molecular formula is C18H26N4O4. The second-order valence-electron chi connectivity index (χ2n) is 6.24. The fourth-order valence-corrected chi connectivity index (χ4v) is 2.76. The molecule has 0 aliphatic rings. The van der Waals surface area contributed by atoms with Crippen LogP contribution in [0.5, 0.6) is 17.2 Å². The number of nitrogens with zero attached hydrogens (tertiary/aromatic N) is 3. The summed E-state index contributed by atoms with van der Waals surface area (Å²) in [5, 5.41) is 7.12. The Hall–Kier alpha value is -2.77. The van der Waals surface area contributed by atoms with Gasteiger partial charge >= 0.3 is 0 Å². The molecular weight excluding hydrogens is 336 g/mol. The van der Waals surface area contributed by atoms with Crippen molar-refractivity contribution in [3.05, 3.63) is 29.8 Å². The third-order valence-electron chi connectivity index (χ3n) is 4.10. The molecule has 1 atom stereocenters. The minimum atomic E-state index is -0.225. The number of carbonyl (C=O) groups excluding carboxylic acids is 1. The number of aromatic nitrogens is 3. The highest BCUT2D eigenvalue weighted by molar-refractivity contribution is 5.79. The third kappa shape index (κ3) is 4.25. The first-order valence-corrected chi connectivity index (χ1v) is 8.33. The minimum absolute atomic E-state index is 0.124. The smallest absolute Gasteiger partial charge is 0.225 e. The molecule has 26 heavy (non-hydrogen) atoms. The number of hydrogen-bond acceptors (Lipinski definition) is 6. The maximum Gasteiger partial charge on any atom is 0.225 e. The van der Waals surface area contributed by atoms with Gasteiger partial charge in [0.1, 0.15) is 12.2 Å². The van der Waals surface area contributed by atoms with E-state index in [1.54, 1.807) is 38.1 Å². The van der Waals surface area contributed by atoms with E-state index in [2.05, 4.69) is 15.4 Å². The standard InChI is InChI=1S/C18H26N4O4/c1-11(2)16(18-19-10-20-22(18)3)21-15(23)9-12-7-13(24-4)17(26-6)14(8-12)25-5/h7-8,10-11,16H,9H2,1-6H3,(H,21,23). The topological polar surface area (TPSA) is 87.5 Å². The number of nitrogens with one attached hydrogen (secondary N) is 1. The maximum atomic E-state index is 12.6. The van der Waals surface area contributed by atoms with Crippen LogP contribution in [0.2, 0.25) is 0 Å². The third-order valence-corrected chi connectivity index (χ3v) is 4.10. The predicted octanol–water partition coefficient (Wildman–Crippen LogP) is 1.90. The molecule has 0 saturated carbocycles. The van der Waals surface area contributed by atoms with Gasteiger partial charge in [0.15, 0.2) is 11.5 Å². The Morgan fingerprint density at radius 3 is 2.19 bits per heavy atom. The van der Waals surface area contributed by atoms with Crippen LogP contribution in [0.25, 0.3) is 0 Å². The van der Waals surface area contributed by atoms with Gasteiger partial charge in [-0.2, -0.15) is 5.10 Å². The van der Waals surface area contributed by atoms with Gasteiger partial charge in [-0.3, -0.25) is 9.48 Å². The molecule has 142 valence electrons. The van der Waals surface area contributed by atoms with Crippen LogP contribution in [-0.4, -0.2) is 42.0 Å². The van der Waals surface area contributed by atoms with Crippen LogP contribution >= 0.6 is 0 Å². The molecule has 1 unspecified atom stereocenters. The van der Waals surface area contributed by atoms with Gasteiger partial charge in [0.2, 0.25) is 11.7 Å². The molecule has 2 aromatic rings. The van der Waals surface area contributed by atoms with Crippen molar-refractivity contribution >= 4 is 5.91 Å². The van der Waals surface area contributed by atoms with Crippen LogP contribution < -0.4 is 19.5 Å². The van der Waals surface area contributed by atoms with Crippen LogP contribution in [0, 0.1) is 5.92 Å². The molecule has 0 saturated heterocycles. The number of methoxy groups -OCH3 is 3. The second kappa shape index (κ2) is 8.55. The molecule has 1 aromatic heterocycles. The van der Waals surface area contributed by atoms with E-state index >= 15 is 0 Å². The number of carbonyl (C=O) groups is 1. The van der Waals surface area contributed by atoms with Crippen LogP contribution in [0.1, 0.15) is 31.3 Å². The van der Waals surface area contributed by atoms with Gasteiger partial charge in [-0.1, -0.05) is 13.8 Å². The molecule has 8 nitrogen and oxygen atoms in total. The van der Waals surface area contributed by atoms with E-state index in [0.29, 0.717) is 17.2 Å². The largest absolute Gasteiger partial charge is 0.493 e. The summed E-state index contributed by atoms with van der Waals surface area (Å²) in [6.45, 7) is 4.05. The quantitative estimate of drug-likeness (QED) is 0.772. The van der Waals surface area contributed by atoms with Crippen molar-refractivity contribution in [1.29, 1.82) is 0 Å². The first kappa shape index (κ1) is 19.6. The Kier molecular flexibility index (Phi) is 6.43. The molecule has 8 heteroatoms. The second-order valence-corrected chi connectivity index (χ2v) is 6.24. The molecule has 2 rings (SSSR count). The van der Waals surface area contributed by atoms with Gasteiger partial charge in [0.25, 0.3) is 0 Å². The van der Waals surface area contributed by atoms with E-state index in [1.165, 1.54) is 6.33 Å². The lowest BCUT2D eigenvalue weighted by Gasteiger charge is -2.21. The molecule has 1 amide bonds. The molecule has 1 heterocycles. The minimum Gasteiger partial charge on any atom is -0.493 e. The van der Waals surface area contributed by atoms with Crippen molar-refractivity contribution in [3.63, 3.8) is 0 Å². The molecule has 1 aromatic carbocycles. The van der Waals surface area contributed by atoms with Gasteiger partial charge in [0.05, 0.1) is 33.8 Å². The Morgan fingerprint density at radius 2 is 1.77 bits per heavy atom. The monoisotopic (exact) mass is 362 g/mol. The Morgan fingerprint density at radius 1 is 1.15 bits per heavy atom. The first-order chi connectivity index (χ1) is 12.4. The van der Waals surface area contributed by atoms with Crippen LogP contribution in [-0.2, 0) is 18.3 Å². The van der Waals surface area contributed by atoms with Gasteiger partial charge in [-0.15, -0.1) is 0 Å². The maximum absolute atomic E-state index is 12.6. The van der Waals surface area contributed by atoms with Crippen LogP contribution in [0.3, 0.4) is 0 Å². The summed E-state index contributed by atoms with van der Waals surface area (Å²) in [5.74, 6) is 2.30. The summed E-state index contributed by atoms with van der Waals surface area (Å²) >= 11 is 0. The highest BCUT2D eigenvalue weighted by Crippen LogP contribution is 2.38. The Bertz CT molecular complexity index is 732. The summed E-state index contributed by atoms with van der Waals surface area (Å²) in [4.78, 5) is 16.9. The van der Waals surface area contributed by atoms with Crippen LogP contribution in [0.4, 0.5) is 0 Å². The first-order valence-electron chi connectivity index (χ1n) is 8.33.